The zero-order chi connectivity index (χ0) is 14.7. The van der Waals surface area contributed by atoms with Crippen molar-refractivity contribution in [2.24, 2.45) is 0 Å². The summed E-state index contributed by atoms with van der Waals surface area (Å²) < 4.78 is 5.63. The van der Waals surface area contributed by atoms with Gasteiger partial charge in [-0.05, 0) is 31.4 Å². The van der Waals surface area contributed by atoms with Crippen LogP contribution in [0.25, 0.3) is 0 Å². The second-order valence-corrected chi connectivity index (χ2v) is 5.68. The van der Waals surface area contributed by atoms with Gasteiger partial charge in [0.25, 0.3) is 0 Å². The monoisotopic (exact) mass is 280 g/mol. The maximum atomic E-state index is 12.5. The maximum absolute atomic E-state index is 12.5. The summed E-state index contributed by atoms with van der Waals surface area (Å²) >= 11 is 0. The van der Waals surface area contributed by atoms with Crippen LogP contribution in [-0.4, -0.2) is 12.4 Å². The summed E-state index contributed by atoms with van der Waals surface area (Å²) in [7, 11) is 0. The van der Waals surface area contributed by atoms with E-state index in [1.54, 1.807) is 0 Å². The Hall–Kier alpha value is -2.09. The smallest absolute Gasteiger partial charge is 0.140 e. The van der Waals surface area contributed by atoms with Crippen LogP contribution in [0.1, 0.15) is 35.4 Å². The van der Waals surface area contributed by atoms with Crippen molar-refractivity contribution in [2.75, 3.05) is 6.61 Å². The lowest BCUT2D eigenvalue weighted by atomic mass is 9.87. The van der Waals surface area contributed by atoms with Crippen LogP contribution in [0.15, 0.2) is 48.5 Å². The molecule has 0 spiro atoms. The number of aryl methyl sites for hydroxylation is 2. The molecule has 0 bridgehead atoms. The van der Waals surface area contributed by atoms with Crippen LogP contribution in [0, 0.1) is 6.92 Å². The molecule has 0 amide bonds. The number of ether oxygens (including phenoxy) is 1. The molecular formula is C19H20O2. The highest BCUT2D eigenvalue weighted by Gasteiger charge is 2.26. The van der Waals surface area contributed by atoms with Crippen molar-refractivity contribution in [3.8, 4) is 5.75 Å². The lowest BCUT2D eigenvalue weighted by molar-refractivity contribution is -0.121. The highest BCUT2D eigenvalue weighted by molar-refractivity contribution is 5.86. The second-order valence-electron chi connectivity index (χ2n) is 5.68. The van der Waals surface area contributed by atoms with E-state index in [1.165, 1.54) is 11.1 Å². The van der Waals surface area contributed by atoms with Crippen LogP contribution in [0.4, 0.5) is 0 Å². The molecule has 1 aliphatic heterocycles. The van der Waals surface area contributed by atoms with Crippen LogP contribution in [-0.2, 0) is 11.2 Å². The number of Topliss-reactive ketones (excluding diaryl/α,β-unsaturated/α-hetero) is 1. The Morgan fingerprint density at radius 2 is 1.90 bits per heavy atom. The maximum Gasteiger partial charge on any atom is 0.140 e. The van der Waals surface area contributed by atoms with Gasteiger partial charge < -0.3 is 4.74 Å². The van der Waals surface area contributed by atoms with Crippen LogP contribution in [0.5, 0.6) is 5.75 Å². The zero-order valence-electron chi connectivity index (χ0n) is 12.3. The van der Waals surface area contributed by atoms with Gasteiger partial charge in [-0.3, -0.25) is 4.79 Å². The van der Waals surface area contributed by atoms with E-state index in [1.807, 2.05) is 24.3 Å². The van der Waals surface area contributed by atoms with Gasteiger partial charge in [0.15, 0.2) is 0 Å². The Bertz CT molecular complexity index is 628. The average molecular weight is 280 g/mol. The molecule has 108 valence electrons. The predicted octanol–water partition coefficient (Wildman–Crippen LogP) is 4.06. The minimum absolute atomic E-state index is 0.000369. The van der Waals surface area contributed by atoms with E-state index < -0.39 is 0 Å². The summed E-state index contributed by atoms with van der Waals surface area (Å²) in [6, 6.07) is 16.3. The van der Waals surface area contributed by atoms with Gasteiger partial charge in [0.2, 0.25) is 0 Å². The van der Waals surface area contributed by atoms with E-state index in [4.69, 9.17) is 4.74 Å². The topological polar surface area (TPSA) is 26.3 Å². The quantitative estimate of drug-likeness (QED) is 0.844. The Morgan fingerprint density at radius 1 is 1.14 bits per heavy atom. The molecule has 2 aromatic carbocycles. The van der Waals surface area contributed by atoms with Crippen molar-refractivity contribution in [3.63, 3.8) is 0 Å². The Labute approximate surface area is 125 Å². The van der Waals surface area contributed by atoms with E-state index in [9.17, 15) is 4.79 Å². The minimum Gasteiger partial charge on any atom is -0.493 e. The fourth-order valence-electron chi connectivity index (χ4n) is 2.87. The summed E-state index contributed by atoms with van der Waals surface area (Å²) in [4.78, 5) is 12.5. The average Bonchev–Trinajstić information content (AvgIpc) is 2.53. The van der Waals surface area contributed by atoms with Crippen molar-refractivity contribution in [2.45, 2.75) is 32.1 Å². The van der Waals surface area contributed by atoms with Crippen molar-refractivity contribution >= 4 is 5.78 Å². The van der Waals surface area contributed by atoms with Crippen molar-refractivity contribution in [1.29, 1.82) is 0 Å². The first-order chi connectivity index (χ1) is 10.2. The normalized spacial score (nSPS) is 16.9. The van der Waals surface area contributed by atoms with Gasteiger partial charge in [-0.15, -0.1) is 0 Å². The van der Waals surface area contributed by atoms with E-state index in [-0.39, 0.29) is 5.92 Å². The predicted molar refractivity (Wildman–Crippen MR) is 83.8 cm³/mol. The molecule has 0 aromatic heterocycles. The van der Waals surface area contributed by atoms with Gasteiger partial charge in [0, 0.05) is 17.9 Å². The number of para-hydroxylation sites is 1. The van der Waals surface area contributed by atoms with E-state index in [0.717, 1.165) is 24.2 Å². The highest BCUT2D eigenvalue weighted by atomic mass is 16.5. The van der Waals surface area contributed by atoms with E-state index in [0.29, 0.717) is 18.8 Å². The highest BCUT2D eigenvalue weighted by Crippen LogP contribution is 2.34. The summed E-state index contributed by atoms with van der Waals surface area (Å²) in [5.41, 5.74) is 3.54. The molecule has 1 unspecified atom stereocenters. The number of rotatable bonds is 4. The molecule has 0 fully saturated rings. The SMILES string of the molecule is Cc1ccc(CCC(=O)C2CCOc3ccccc32)cc1. The Morgan fingerprint density at radius 3 is 2.71 bits per heavy atom. The van der Waals surface area contributed by atoms with Gasteiger partial charge >= 0.3 is 0 Å². The van der Waals surface area contributed by atoms with Gasteiger partial charge in [-0.2, -0.15) is 0 Å². The molecule has 0 radical (unpaired) electrons. The number of hydrogen-bond donors (Lipinski definition) is 0. The molecule has 1 heterocycles. The molecule has 0 N–H and O–H groups in total. The molecule has 21 heavy (non-hydrogen) atoms. The number of benzene rings is 2. The van der Waals surface area contributed by atoms with E-state index >= 15 is 0 Å². The summed E-state index contributed by atoms with van der Waals surface area (Å²) in [6.45, 7) is 2.71. The summed E-state index contributed by atoms with van der Waals surface area (Å²) in [5, 5.41) is 0. The fourth-order valence-corrected chi connectivity index (χ4v) is 2.87. The number of carbonyl (C=O) groups is 1. The van der Waals surface area contributed by atoms with Crippen molar-refractivity contribution in [1.82, 2.24) is 0 Å². The van der Waals surface area contributed by atoms with Gasteiger partial charge in [-0.25, -0.2) is 0 Å². The number of hydrogen-bond acceptors (Lipinski definition) is 2. The van der Waals surface area contributed by atoms with Gasteiger partial charge in [0.05, 0.1) is 6.61 Å². The molecule has 1 atom stereocenters. The number of fused-ring (bicyclic) bond motifs is 1. The molecule has 0 saturated heterocycles. The second kappa shape index (κ2) is 6.13. The standard InChI is InChI=1S/C19H20O2/c1-14-6-8-15(9-7-14)10-11-18(20)16-12-13-21-19-5-3-2-4-17(16)19/h2-9,16H,10-13H2,1H3. The van der Waals surface area contributed by atoms with Gasteiger partial charge in [0.1, 0.15) is 11.5 Å². The lowest BCUT2D eigenvalue weighted by Gasteiger charge is -2.24. The summed E-state index contributed by atoms with van der Waals surface area (Å²) in [6.07, 6.45) is 2.21. The minimum atomic E-state index is 0.000369. The molecule has 1 aliphatic rings. The van der Waals surface area contributed by atoms with Crippen molar-refractivity contribution in [3.05, 3.63) is 65.2 Å². The number of ketones is 1. The molecule has 0 saturated carbocycles. The zero-order valence-corrected chi connectivity index (χ0v) is 12.3. The van der Waals surface area contributed by atoms with Gasteiger partial charge in [-0.1, -0.05) is 48.0 Å². The third kappa shape index (κ3) is 3.15. The third-order valence-corrected chi connectivity index (χ3v) is 4.13. The first kappa shape index (κ1) is 13.9. The Balaban J connectivity index is 1.68. The summed E-state index contributed by atoms with van der Waals surface area (Å²) in [5.74, 6) is 1.20. The largest absolute Gasteiger partial charge is 0.493 e. The first-order valence-electron chi connectivity index (χ1n) is 7.54. The molecule has 2 heteroatoms. The fraction of sp³-hybridized carbons (Fsp3) is 0.316. The molecule has 2 aromatic rings. The van der Waals surface area contributed by atoms with Crippen LogP contribution >= 0.6 is 0 Å². The number of carbonyl (C=O) groups excluding carboxylic acids is 1. The van der Waals surface area contributed by atoms with Crippen molar-refractivity contribution < 1.29 is 9.53 Å². The molecule has 0 aliphatic carbocycles. The molecule has 3 rings (SSSR count). The van der Waals surface area contributed by atoms with Crippen LogP contribution in [0.3, 0.4) is 0 Å². The first-order valence-corrected chi connectivity index (χ1v) is 7.54. The third-order valence-electron chi connectivity index (χ3n) is 4.13. The lowest BCUT2D eigenvalue weighted by Crippen LogP contribution is -2.21. The van der Waals surface area contributed by atoms with Crippen LogP contribution < -0.4 is 4.74 Å². The molecular weight excluding hydrogens is 260 g/mol. The van der Waals surface area contributed by atoms with Crippen LogP contribution in [0.2, 0.25) is 0 Å². The molecule has 2 nitrogen and oxygen atoms in total. The Kier molecular flexibility index (Phi) is 4.05. The van der Waals surface area contributed by atoms with E-state index in [2.05, 4.69) is 31.2 Å².